The third kappa shape index (κ3) is 4.78. The number of carbonyl (C=O) groups is 2. The Morgan fingerprint density at radius 1 is 1.12 bits per heavy atom. The van der Waals surface area contributed by atoms with Gasteiger partial charge >= 0.3 is 0 Å². The van der Waals surface area contributed by atoms with Crippen molar-refractivity contribution in [2.75, 3.05) is 0 Å². The molecule has 0 aliphatic carbocycles. The molecule has 0 saturated carbocycles. The van der Waals surface area contributed by atoms with Crippen LogP contribution >= 0.6 is 23.4 Å². The van der Waals surface area contributed by atoms with E-state index in [0.29, 0.717) is 40.5 Å². The fourth-order valence-electron chi connectivity index (χ4n) is 3.77. The van der Waals surface area contributed by atoms with Gasteiger partial charge in [0.05, 0.1) is 18.5 Å². The van der Waals surface area contributed by atoms with E-state index >= 15 is 0 Å². The number of nitrogens with zero attached hydrogens (tertiary/aromatic N) is 3. The van der Waals surface area contributed by atoms with Crippen molar-refractivity contribution in [3.63, 3.8) is 0 Å². The monoisotopic (exact) mass is 492 g/mol. The summed E-state index contributed by atoms with van der Waals surface area (Å²) in [5.74, 6) is 1.59. The Labute approximate surface area is 205 Å². The molecule has 1 aromatic heterocycles. The number of furan rings is 1. The molecule has 3 aromatic rings. The predicted molar refractivity (Wildman–Crippen MR) is 133 cm³/mol. The molecule has 2 amide bonds. The van der Waals surface area contributed by atoms with Crippen molar-refractivity contribution in [3.8, 4) is 0 Å². The Morgan fingerprint density at radius 2 is 1.94 bits per heavy atom. The molecule has 1 N–H and O–H groups in total. The summed E-state index contributed by atoms with van der Waals surface area (Å²) in [4.78, 5) is 36.7. The fourth-order valence-corrected chi connectivity index (χ4v) is 4.85. The maximum atomic E-state index is 13.3. The summed E-state index contributed by atoms with van der Waals surface area (Å²) in [6.45, 7) is 0.316. The number of rotatable bonds is 7. The zero-order valence-corrected chi connectivity index (χ0v) is 19.7. The number of halogens is 1. The van der Waals surface area contributed by atoms with Gasteiger partial charge in [0, 0.05) is 22.8 Å². The number of benzene rings is 2. The second-order valence-electron chi connectivity index (χ2n) is 7.86. The number of thioether (sulfide) groups is 1. The average Bonchev–Trinajstić information content (AvgIpc) is 3.49. The van der Waals surface area contributed by atoms with Crippen molar-refractivity contribution in [3.05, 3.63) is 88.8 Å². The summed E-state index contributed by atoms with van der Waals surface area (Å²) in [6.07, 6.45) is 2.07. The minimum atomic E-state index is -0.628. The lowest BCUT2D eigenvalue weighted by atomic mass is 10.1. The van der Waals surface area contributed by atoms with E-state index in [1.165, 1.54) is 11.8 Å². The van der Waals surface area contributed by atoms with Crippen LogP contribution in [0.4, 0.5) is 5.69 Å². The molecule has 0 saturated heterocycles. The van der Waals surface area contributed by atoms with Gasteiger partial charge in [-0.15, -0.1) is 0 Å². The molecular weight excluding hydrogens is 472 g/mol. The molecule has 0 unspecified atom stereocenters. The van der Waals surface area contributed by atoms with Gasteiger partial charge in [-0.3, -0.25) is 14.6 Å². The highest BCUT2D eigenvalue weighted by atomic mass is 35.5. The van der Waals surface area contributed by atoms with Crippen molar-refractivity contribution in [1.29, 1.82) is 0 Å². The molecule has 2 aliphatic heterocycles. The highest BCUT2D eigenvalue weighted by Crippen LogP contribution is 2.35. The first kappa shape index (κ1) is 22.4. The van der Waals surface area contributed by atoms with E-state index < -0.39 is 6.04 Å². The third-order valence-electron chi connectivity index (χ3n) is 5.51. The second-order valence-corrected chi connectivity index (χ2v) is 9.24. The van der Waals surface area contributed by atoms with Crippen LogP contribution in [0.1, 0.15) is 29.7 Å². The number of amides is 2. The SMILES string of the molecule is O=C(CC[C@H]1N=C2c3ccccc3N=C(SCc3ccc(Cl)cc3)N2C1=O)NCc1ccco1. The molecule has 7 nitrogen and oxygen atoms in total. The molecule has 172 valence electrons. The van der Waals surface area contributed by atoms with Crippen LogP contribution in [0.2, 0.25) is 5.02 Å². The number of hydrogen-bond donors (Lipinski definition) is 1. The van der Waals surface area contributed by atoms with Crippen LogP contribution in [0, 0.1) is 0 Å². The van der Waals surface area contributed by atoms with E-state index in [0.717, 1.165) is 16.8 Å². The smallest absolute Gasteiger partial charge is 0.259 e. The number of nitrogens with one attached hydrogen (secondary N) is 1. The Hall–Kier alpha value is -3.36. The maximum Gasteiger partial charge on any atom is 0.259 e. The summed E-state index contributed by atoms with van der Waals surface area (Å²) in [7, 11) is 0. The van der Waals surface area contributed by atoms with Crippen molar-refractivity contribution in [2.24, 2.45) is 9.98 Å². The lowest BCUT2D eigenvalue weighted by molar-refractivity contribution is -0.125. The van der Waals surface area contributed by atoms with Gasteiger partial charge in [0.1, 0.15) is 17.6 Å². The van der Waals surface area contributed by atoms with Gasteiger partial charge in [0.25, 0.3) is 5.91 Å². The Bertz CT molecular complexity index is 1270. The molecule has 0 fully saturated rings. The molecular formula is C25H21ClN4O3S. The number of aliphatic imine (C=N–C) groups is 2. The molecule has 0 spiro atoms. The van der Waals surface area contributed by atoms with Crippen LogP contribution in [0.25, 0.3) is 0 Å². The quantitative estimate of drug-likeness (QED) is 0.507. The molecule has 2 aliphatic rings. The van der Waals surface area contributed by atoms with Crippen LogP contribution in [0.5, 0.6) is 0 Å². The lowest BCUT2D eigenvalue weighted by Gasteiger charge is -2.25. The molecule has 2 aromatic carbocycles. The summed E-state index contributed by atoms with van der Waals surface area (Å²) < 4.78 is 5.23. The topological polar surface area (TPSA) is 87.3 Å². The van der Waals surface area contributed by atoms with Gasteiger partial charge < -0.3 is 9.73 Å². The van der Waals surface area contributed by atoms with Crippen molar-refractivity contribution < 1.29 is 14.0 Å². The first-order valence-electron chi connectivity index (χ1n) is 10.8. The van der Waals surface area contributed by atoms with E-state index in [4.69, 9.17) is 26.0 Å². The Morgan fingerprint density at radius 3 is 2.74 bits per heavy atom. The minimum absolute atomic E-state index is 0.152. The van der Waals surface area contributed by atoms with Gasteiger partial charge in [-0.05, 0) is 48.4 Å². The molecule has 0 radical (unpaired) electrons. The van der Waals surface area contributed by atoms with Crippen LogP contribution in [-0.4, -0.2) is 33.8 Å². The van der Waals surface area contributed by atoms with Gasteiger partial charge in [-0.2, -0.15) is 0 Å². The molecule has 1 atom stereocenters. The lowest BCUT2D eigenvalue weighted by Crippen LogP contribution is -2.41. The Balaban J connectivity index is 1.29. The van der Waals surface area contributed by atoms with E-state index in [9.17, 15) is 9.59 Å². The van der Waals surface area contributed by atoms with Crippen LogP contribution in [-0.2, 0) is 21.9 Å². The highest BCUT2D eigenvalue weighted by Gasteiger charge is 2.41. The number of fused-ring (bicyclic) bond motifs is 3. The first-order chi connectivity index (χ1) is 16.6. The zero-order chi connectivity index (χ0) is 23.5. The van der Waals surface area contributed by atoms with Crippen molar-refractivity contribution in [1.82, 2.24) is 10.2 Å². The zero-order valence-electron chi connectivity index (χ0n) is 18.1. The summed E-state index contributed by atoms with van der Waals surface area (Å²) in [5, 5.41) is 4.07. The van der Waals surface area contributed by atoms with Crippen LogP contribution < -0.4 is 5.32 Å². The van der Waals surface area contributed by atoms with E-state index in [1.54, 1.807) is 23.3 Å². The van der Waals surface area contributed by atoms with E-state index in [-0.39, 0.29) is 18.2 Å². The van der Waals surface area contributed by atoms with Crippen molar-refractivity contribution in [2.45, 2.75) is 31.2 Å². The third-order valence-corrected chi connectivity index (χ3v) is 6.78. The van der Waals surface area contributed by atoms with Gasteiger partial charge in [0.2, 0.25) is 5.91 Å². The molecule has 0 bridgehead atoms. The normalized spacial score (nSPS) is 16.6. The van der Waals surface area contributed by atoms with E-state index in [1.807, 2.05) is 48.5 Å². The van der Waals surface area contributed by atoms with Crippen molar-refractivity contribution >= 4 is 51.9 Å². The van der Waals surface area contributed by atoms with Gasteiger partial charge in [-0.25, -0.2) is 9.89 Å². The molecule has 5 rings (SSSR count). The number of amidine groups is 2. The van der Waals surface area contributed by atoms with Crippen LogP contribution in [0.3, 0.4) is 0 Å². The highest BCUT2D eigenvalue weighted by molar-refractivity contribution is 8.13. The number of para-hydroxylation sites is 1. The second kappa shape index (κ2) is 9.87. The van der Waals surface area contributed by atoms with E-state index in [2.05, 4.69) is 5.32 Å². The number of carbonyl (C=O) groups excluding carboxylic acids is 2. The Kier molecular flexibility index (Phi) is 6.51. The summed E-state index contributed by atoms with van der Waals surface area (Å²) in [6, 6.07) is 18.2. The maximum absolute atomic E-state index is 13.3. The molecule has 34 heavy (non-hydrogen) atoms. The summed E-state index contributed by atoms with van der Waals surface area (Å²) >= 11 is 7.46. The molecule has 9 heteroatoms. The average molecular weight is 493 g/mol. The first-order valence-corrected chi connectivity index (χ1v) is 12.2. The standard InChI is InChI=1S/C25H21ClN4O3S/c26-17-9-7-16(8-10-17)15-34-25-29-20-6-2-1-5-19(20)23-28-21(24(32)30(23)25)11-12-22(31)27-14-18-4-3-13-33-18/h1-10,13,21H,11-12,14-15H2,(H,27,31)/t21-/m1/s1. The van der Waals surface area contributed by atoms with Crippen LogP contribution in [0.15, 0.2) is 81.3 Å². The predicted octanol–water partition coefficient (Wildman–Crippen LogP) is 4.92. The van der Waals surface area contributed by atoms with Gasteiger partial charge in [-0.1, -0.05) is 47.6 Å². The summed E-state index contributed by atoms with van der Waals surface area (Å²) in [5.41, 5.74) is 2.67. The fraction of sp³-hybridized carbons (Fsp3) is 0.200. The minimum Gasteiger partial charge on any atom is -0.467 e. The van der Waals surface area contributed by atoms with Gasteiger partial charge in [0.15, 0.2) is 5.17 Å². The molecule has 3 heterocycles. The number of hydrogen-bond acceptors (Lipinski definition) is 6. The largest absolute Gasteiger partial charge is 0.467 e.